The molecule has 1 aliphatic heterocycles. The van der Waals surface area contributed by atoms with Crippen molar-refractivity contribution in [1.29, 1.82) is 0 Å². The van der Waals surface area contributed by atoms with Gasteiger partial charge in [0.25, 0.3) is 0 Å². The minimum Gasteiger partial charge on any atom is -0.504 e. The van der Waals surface area contributed by atoms with E-state index in [0.717, 1.165) is 30.6 Å². The molecule has 0 aromatic heterocycles. The Labute approximate surface area is 77.3 Å². The van der Waals surface area contributed by atoms with Crippen LogP contribution < -0.4 is 10.1 Å². The Morgan fingerprint density at radius 3 is 3.08 bits per heavy atom. The predicted molar refractivity (Wildman–Crippen MR) is 51.5 cm³/mol. The second-order valence-corrected chi connectivity index (χ2v) is 3.17. The molecule has 0 saturated carbocycles. The van der Waals surface area contributed by atoms with Gasteiger partial charge in [0.05, 0.1) is 7.11 Å². The zero-order chi connectivity index (χ0) is 9.26. The van der Waals surface area contributed by atoms with E-state index in [1.807, 2.05) is 6.07 Å². The number of rotatable bonds is 1. The fourth-order valence-electron chi connectivity index (χ4n) is 1.69. The number of phenols is 1. The monoisotopic (exact) mass is 179 g/mol. The van der Waals surface area contributed by atoms with Crippen molar-refractivity contribution in [3.63, 3.8) is 0 Å². The summed E-state index contributed by atoms with van der Waals surface area (Å²) in [6.45, 7) is 0.985. The third kappa shape index (κ3) is 1.30. The van der Waals surface area contributed by atoms with Crippen molar-refractivity contribution in [3.05, 3.63) is 17.7 Å². The SMILES string of the molecule is COc1ccc2c(c1O)CCCN2. The van der Waals surface area contributed by atoms with Crippen molar-refractivity contribution in [2.24, 2.45) is 0 Å². The van der Waals surface area contributed by atoms with Gasteiger partial charge in [0.2, 0.25) is 0 Å². The minimum absolute atomic E-state index is 0.284. The van der Waals surface area contributed by atoms with Gasteiger partial charge in [-0.25, -0.2) is 0 Å². The fraction of sp³-hybridized carbons (Fsp3) is 0.400. The third-order valence-electron chi connectivity index (χ3n) is 2.38. The number of methoxy groups -OCH3 is 1. The average molecular weight is 179 g/mol. The van der Waals surface area contributed by atoms with Crippen LogP contribution in [0, 0.1) is 0 Å². The van der Waals surface area contributed by atoms with Gasteiger partial charge in [0.1, 0.15) is 0 Å². The second-order valence-electron chi connectivity index (χ2n) is 3.17. The van der Waals surface area contributed by atoms with E-state index in [0.29, 0.717) is 5.75 Å². The third-order valence-corrected chi connectivity index (χ3v) is 2.38. The molecule has 3 heteroatoms. The molecular formula is C10H13NO2. The van der Waals surface area contributed by atoms with Crippen LogP contribution >= 0.6 is 0 Å². The van der Waals surface area contributed by atoms with Gasteiger partial charge in [-0.15, -0.1) is 0 Å². The number of hydrogen-bond donors (Lipinski definition) is 2. The van der Waals surface area contributed by atoms with Crippen LogP contribution in [0.1, 0.15) is 12.0 Å². The van der Waals surface area contributed by atoms with Gasteiger partial charge in [-0.05, 0) is 25.0 Å². The van der Waals surface area contributed by atoms with E-state index in [2.05, 4.69) is 5.32 Å². The highest BCUT2D eigenvalue weighted by molar-refractivity contribution is 5.63. The molecule has 1 aromatic rings. The maximum atomic E-state index is 9.77. The molecule has 0 atom stereocenters. The predicted octanol–water partition coefficient (Wildman–Crippen LogP) is 1.76. The molecule has 13 heavy (non-hydrogen) atoms. The van der Waals surface area contributed by atoms with Crippen molar-refractivity contribution in [2.75, 3.05) is 19.0 Å². The first kappa shape index (κ1) is 8.23. The van der Waals surface area contributed by atoms with E-state index in [4.69, 9.17) is 4.74 Å². The molecule has 1 aliphatic rings. The molecule has 1 aromatic carbocycles. The number of benzene rings is 1. The van der Waals surface area contributed by atoms with E-state index in [-0.39, 0.29) is 5.75 Å². The molecule has 0 fully saturated rings. The smallest absolute Gasteiger partial charge is 0.163 e. The number of hydrogen-bond acceptors (Lipinski definition) is 3. The molecule has 3 nitrogen and oxygen atoms in total. The van der Waals surface area contributed by atoms with Crippen LogP contribution in [-0.2, 0) is 6.42 Å². The van der Waals surface area contributed by atoms with Gasteiger partial charge in [-0.1, -0.05) is 0 Å². The molecule has 0 spiro atoms. The second kappa shape index (κ2) is 3.17. The number of anilines is 1. The van der Waals surface area contributed by atoms with Crippen LogP contribution in [0.25, 0.3) is 0 Å². The summed E-state index contributed by atoms with van der Waals surface area (Å²) in [7, 11) is 1.57. The Kier molecular flexibility index (Phi) is 2.00. The molecule has 0 aliphatic carbocycles. The number of nitrogens with one attached hydrogen (secondary N) is 1. The summed E-state index contributed by atoms with van der Waals surface area (Å²) in [6.07, 6.45) is 1.99. The summed E-state index contributed by atoms with van der Waals surface area (Å²) >= 11 is 0. The maximum Gasteiger partial charge on any atom is 0.163 e. The van der Waals surface area contributed by atoms with Crippen LogP contribution in [0.5, 0.6) is 11.5 Å². The van der Waals surface area contributed by atoms with Gasteiger partial charge >= 0.3 is 0 Å². The molecule has 0 unspecified atom stereocenters. The van der Waals surface area contributed by atoms with Crippen molar-refractivity contribution in [2.45, 2.75) is 12.8 Å². The molecule has 2 N–H and O–H groups in total. The first-order valence-corrected chi connectivity index (χ1v) is 4.45. The topological polar surface area (TPSA) is 41.5 Å². The van der Waals surface area contributed by atoms with E-state index in [9.17, 15) is 5.11 Å². The Morgan fingerprint density at radius 1 is 1.46 bits per heavy atom. The number of phenolic OH excluding ortho intramolecular Hbond substituents is 1. The van der Waals surface area contributed by atoms with Crippen LogP contribution in [0.3, 0.4) is 0 Å². The standard InChI is InChI=1S/C10H13NO2/c1-13-9-5-4-8-7(10(9)12)3-2-6-11-8/h4-5,11-12H,2-3,6H2,1H3. The summed E-state index contributed by atoms with van der Waals surface area (Å²) < 4.78 is 5.03. The number of ether oxygens (including phenoxy) is 1. The Bertz CT molecular complexity index is 323. The van der Waals surface area contributed by atoms with Gasteiger partial charge in [-0.3, -0.25) is 0 Å². The molecule has 0 saturated heterocycles. The van der Waals surface area contributed by atoms with Crippen LogP contribution in [0.4, 0.5) is 5.69 Å². The van der Waals surface area contributed by atoms with E-state index in [1.54, 1.807) is 13.2 Å². The van der Waals surface area contributed by atoms with Gasteiger partial charge in [-0.2, -0.15) is 0 Å². The zero-order valence-electron chi connectivity index (χ0n) is 7.63. The molecule has 0 bridgehead atoms. The lowest BCUT2D eigenvalue weighted by atomic mass is 10.0. The van der Waals surface area contributed by atoms with Crippen molar-refractivity contribution in [3.8, 4) is 11.5 Å². The highest BCUT2D eigenvalue weighted by Crippen LogP contribution is 2.37. The maximum absolute atomic E-state index is 9.77. The average Bonchev–Trinajstić information content (AvgIpc) is 2.19. The first-order valence-electron chi connectivity index (χ1n) is 4.45. The van der Waals surface area contributed by atoms with E-state index >= 15 is 0 Å². The molecular weight excluding hydrogens is 166 g/mol. The number of fused-ring (bicyclic) bond motifs is 1. The Balaban J connectivity index is 2.48. The zero-order valence-corrected chi connectivity index (χ0v) is 7.63. The lowest BCUT2D eigenvalue weighted by Crippen LogP contribution is -2.11. The molecule has 1 heterocycles. The quantitative estimate of drug-likeness (QED) is 0.690. The summed E-state index contributed by atoms with van der Waals surface area (Å²) in [5.74, 6) is 0.842. The van der Waals surface area contributed by atoms with Gasteiger partial charge < -0.3 is 15.2 Å². The lowest BCUT2D eigenvalue weighted by Gasteiger charge is -2.19. The fourth-order valence-corrected chi connectivity index (χ4v) is 1.69. The van der Waals surface area contributed by atoms with Gasteiger partial charge in [0.15, 0.2) is 11.5 Å². The van der Waals surface area contributed by atoms with Crippen molar-refractivity contribution >= 4 is 5.69 Å². The van der Waals surface area contributed by atoms with E-state index < -0.39 is 0 Å². The van der Waals surface area contributed by atoms with Crippen LogP contribution in [0.2, 0.25) is 0 Å². The lowest BCUT2D eigenvalue weighted by molar-refractivity contribution is 0.370. The van der Waals surface area contributed by atoms with Crippen LogP contribution in [-0.4, -0.2) is 18.8 Å². The Morgan fingerprint density at radius 2 is 2.31 bits per heavy atom. The van der Waals surface area contributed by atoms with Crippen LogP contribution in [0.15, 0.2) is 12.1 Å². The normalized spacial score (nSPS) is 14.5. The highest BCUT2D eigenvalue weighted by Gasteiger charge is 2.15. The summed E-state index contributed by atoms with van der Waals surface area (Å²) in [6, 6.07) is 3.74. The molecule has 70 valence electrons. The van der Waals surface area contributed by atoms with Crippen molar-refractivity contribution in [1.82, 2.24) is 0 Å². The molecule has 0 radical (unpaired) electrons. The Hall–Kier alpha value is -1.38. The van der Waals surface area contributed by atoms with Gasteiger partial charge in [0, 0.05) is 17.8 Å². The number of aromatic hydroxyl groups is 1. The minimum atomic E-state index is 0.284. The first-order chi connectivity index (χ1) is 6.33. The summed E-state index contributed by atoms with van der Waals surface area (Å²) in [5, 5.41) is 13.0. The summed E-state index contributed by atoms with van der Waals surface area (Å²) in [5.41, 5.74) is 2.01. The van der Waals surface area contributed by atoms with E-state index in [1.165, 1.54) is 0 Å². The van der Waals surface area contributed by atoms with Crippen molar-refractivity contribution < 1.29 is 9.84 Å². The molecule has 0 amide bonds. The summed E-state index contributed by atoms with van der Waals surface area (Å²) in [4.78, 5) is 0. The largest absolute Gasteiger partial charge is 0.504 e. The molecule has 2 rings (SSSR count). The highest BCUT2D eigenvalue weighted by atomic mass is 16.5.